The van der Waals surface area contributed by atoms with Crippen molar-refractivity contribution in [2.24, 2.45) is 0 Å². The van der Waals surface area contributed by atoms with Crippen molar-refractivity contribution in [3.8, 4) is 0 Å². The number of benzene rings is 2. The Bertz CT molecular complexity index is 931. The first kappa shape index (κ1) is 25.2. The van der Waals surface area contributed by atoms with Crippen molar-refractivity contribution >= 4 is 35.0 Å². The lowest BCUT2D eigenvalue weighted by molar-refractivity contribution is -0.141. The van der Waals surface area contributed by atoms with E-state index in [0.717, 1.165) is 11.1 Å². The largest absolute Gasteiger partial charge is 0.350 e. The maximum absolute atomic E-state index is 13.5. The molecule has 0 heterocycles. The van der Waals surface area contributed by atoms with Gasteiger partial charge in [0.15, 0.2) is 0 Å². The molecule has 6 heteroatoms. The van der Waals surface area contributed by atoms with E-state index in [1.165, 1.54) is 5.56 Å². The molecule has 2 aromatic carbocycles. The Kier molecular flexibility index (Phi) is 8.56. The van der Waals surface area contributed by atoms with Crippen LogP contribution in [0.3, 0.4) is 0 Å². The van der Waals surface area contributed by atoms with Crippen LogP contribution in [-0.4, -0.2) is 28.3 Å². The molecule has 0 fully saturated rings. The molecule has 1 N–H and O–H groups in total. The van der Waals surface area contributed by atoms with Gasteiger partial charge in [0.1, 0.15) is 6.04 Å². The van der Waals surface area contributed by atoms with E-state index < -0.39 is 11.6 Å². The van der Waals surface area contributed by atoms with E-state index in [9.17, 15) is 9.59 Å². The van der Waals surface area contributed by atoms with Gasteiger partial charge in [-0.15, -0.1) is 0 Å². The molecule has 0 saturated carbocycles. The van der Waals surface area contributed by atoms with Gasteiger partial charge in [-0.3, -0.25) is 9.59 Å². The van der Waals surface area contributed by atoms with E-state index in [1.807, 2.05) is 59.7 Å². The summed E-state index contributed by atoms with van der Waals surface area (Å²) in [4.78, 5) is 28.1. The van der Waals surface area contributed by atoms with Crippen LogP contribution in [0.15, 0.2) is 36.4 Å². The summed E-state index contributed by atoms with van der Waals surface area (Å²) in [7, 11) is 0. The molecule has 2 aromatic rings. The summed E-state index contributed by atoms with van der Waals surface area (Å²) < 4.78 is 0. The molecule has 1 atom stereocenters. The average Bonchev–Trinajstić information content (AvgIpc) is 2.65. The lowest BCUT2D eigenvalue weighted by Gasteiger charge is -2.33. The third-order valence-corrected chi connectivity index (χ3v) is 5.91. The molecule has 0 aliphatic rings. The Morgan fingerprint density at radius 2 is 1.65 bits per heavy atom. The zero-order valence-electron chi connectivity index (χ0n) is 19.2. The smallest absolute Gasteiger partial charge is 0.243 e. The van der Waals surface area contributed by atoms with Gasteiger partial charge in [-0.2, -0.15) is 0 Å². The number of nitrogens with one attached hydrogen (secondary N) is 1. The molecule has 0 aromatic heterocycles. The highest BCUT2D eigenvalue weighted by Crippen LogP contribution is 2.27. The topological polar surface area (TPSA) is 49.4 Å². The summed E-state index contributed by atoms with van der Waals surface area (Å²) in [5.41, 5.74) is 3.45. The zero-order valence-corrected chi connectivity index (χ0v) is 20.7. The van der Waals surface area contributed by atoms with Crippen LogP contribution in [-0.2, 0) is 22.6 Å². The predicted octanol–water partition coefficient (Wildman–Crippen LogP) is 5.87. The molecule has 2 rings (SSSR count). The van der Waals surface area contributed by atoms with Crippen molar-refractivity contribution in [3.63, 3.8) is 0 Å². The summed E-state index contributed by atoms with van der Waals surface area (Å²) in [6, 6.07) is 10.6. The molecule has 168 valence electrons. The number of hydrogen-bond donors (Lipinski definition) is 1. The van der Waals surface area contributed by atoms with Gasteiger partial charge >= 0.3 is 0 Å². The fourth-order valence-corrected chi connectivity index (χ4v) is 3.93. The fourth-order valence-electron chi connectivity index (χ4n) is 3.42. The Morgan fingerprint density at radius 1 is 1.03 bits per heavy atom. The van der Waals surface area contributed by atoms with Crippen LogP contribution in [0.2, 0.25) is 10.0 Å². The van der Waals surface area contributed by atoms with Gasteiger partial charge in [-0.25, -0.2) is 0 Å². The van der Waals surface area contributed by atoms with E-state index in [1.54, 1.807) is 23.1 Å². The lowest BCUT2D eigenvalue weighted by atomic mass is 10.0. The lowest BCUT2D eigenvalue weighted by Crippen LogP contribution is -2.53. The molecule has 31 heavy (non-hydrogen) atoms. The number of carbonyl (C=O) groups is 2. The van der Waals surface area contributed by atoms with Crippen LogP contribution in [0, 0.1) is 13.8 Å². The number of nitrogens with zero attached hydrogens (tertiary/aromatic N) is 1. The summed E-state index contributed by atoms with van der Waals surface area (Å²) >= 11 is 12.8. The minimum Gasteiger partial charge on any atom is -0.350 e. The van der Waals surface area contributed by atoms with Gasteiger partial charge < -0.3 is 10.2 Å². The molecule has 0 aliphatic carbocycles. The van der Waals surface area contributed by atoms with E-state index in [0.29, 0.717) is 22.0 Å². The molecule has 2 amide bonds. The highest BCUT2D eigenvalue weighted by molar-refractivity contribution is 6.36. The van der Waals surface area contributed by atoms with Gasteiger partial charge in [-0.1, -0.05) is 54.4 Å². The van der Waals surface area contributed by atoms with Gasteiger partial charge in [0.25, 0.3) is 0 Å². The summed E-state index contributed by atoms with van der Waals surface area (Å²) in [5, 5.41) is 3.95. The molecule has 0 spiro atoms. The SMILES string of the molecule is CCC(C(=O)NC(C)(C)C)N(Cc1c(Cl)cccc1Cl)C(=O)Cc1ccc(C)c(C)c1. The normalized spacial score (nSPS) is 12.4. The van der Waals surface area contributed by atoms with Crippen molar-refractivity contribution < 1.29 is 9.59 Å². The molecule has 0 bridgehead atoms. The number of aryl methyl sites for hydroxylation is 2. The monoisotopic (exact) mass is 462 g/mol. The zero-order chi connectivity index (χ0) is 23.3. The first-order valence-corrected chi connectivity index (χ1v) is 11.3. The summed E-state index contributed by atoms with van der Waals surface area (Å²) in [6.45, 7) is 11.9. The van der Waals surface area contributed by atoms with Crippen molar-refractivity contribution in [2.45, 2.75) is 72.5 Å². The Balaban J connectivity index is 2.41. The summed E-state index contributed by atoms with van der Waals surface area (Å²) in [6.07, 6.45) is 0.672. The van der Waals surface area contributed by atoms with Crippen molar-refractivity contribution in [1.29, 1.82) is 0 Å². The number of halogens is 2. The minimum atomic E-state index is -0.634. The molecular weight excluding hydrogens is 431 g/mol. The molecule has 1 unspecified atom stereocenters. The van der Waals surface area contributed by atoms with Crippen LogP contribution in [0.4, 0.5) is 0 Å². The quantitative estimate of drug-likeness (QED) is 0.558. The van der Waals surface area contributed by atoms with Crippen molar-refractivity contribution in [1.82, 2.24) is 10.2 Å². The van der Waals surface area contributed by atoms with Crippen LogP contribution >= 0.6 is 23.2 Å². The standard InChI is InChI=1S/C25H32Cl2N2O2/c1-7-22(24(31)28-25(4,5)6)29(15-19-20(26)9-8-10-21(19)27)23(30)14-18-12-11-16(2)17(3)13-18/h8-13,22H,7,14-15H2,1-6H3,(H,28,31). The molecular formula is C25H32Cl2N2O2. The van der Waals surface area contributed by atoms with E-state index >= 15 is 0 Å². The van der Waals surface area contributed by atoms with Crippen LogP contribution < -0.4 is 5.32 Å². The van der Waals surface area contributed by atoms with Crippen LogP contribution in [0.5, 0.6) is 0 Å². The minimum absolute atomic E-state index is 0.143. The predicted molar refractivity (Wildman–Crippen MR) is 129 cm³/mol. The molecule has 0 saturated heterocycles. The third kappa shape index (κ3) is 6.98. The second-order valence-electron chi connectivity index (χ2n) is 8.98. The Morgan fingerprint density at radius 3 is 2.16 bits per heavy atom. The fraction of sp³-hybridized carbons (Fsp3) is 0.440. The number of carbonyl (C=O) groups excluding carboxylic acids is 2. The number of rotatable bonds is 7. The van der Waals surface area contributed by atoms with Gasteiger partial charge in [0.05, 0.1) is 6.42 Å². The molecule has 4 nitrogen and oxygen atoms in total. The number of amides is 2. The Hall–Kier alpha value is -2.04. The van der Waals surface area contributed by atoms with Gasteiger partial charge in [0, 0.05) is 27.7 Å². The van der Waals surface area contributed by atoms with Crippen LogP contribution in [0.25, 0.3) is 0 Å². The average molecular weight is 463 g/mol. The van der Waals surface area contributed by atoms with Crippen molar-refractivity contribution in [3.05, 3.63) is 68.7 Å². The summed E-state index contributed by atoms with van der Waals surface area (Å²) in [5.74, 6) is -0.332. The molecule has 0 radical (unpaired) electrons. The maximum atomic E-state index is 13.5. The first-order valence-electron chi connectivity index (χ1n) is 10.5. The second kappa shape index (κ2) is 10.5. The molecule has 0 aliphatic heterocycles. The van der Waals surface area contributed by atoms with Crippen LogP contribution in [0.1, 0.15) is 56.4 Å². The first-order chi connectivity index (χ1) is 14.4. The maximum Gasteiger partial charge on any atom is 0.243 e. The van der Waals surface area contributed by atoms with E-state index in [2.05, 4.69) is 5.32 Å². The highest BCUT2D eigenvalue weighted by atomic mass is 35.5. The van der Waals surface area contributed by atoms with Crippen molar-refractivity contribution in [2.75, 3.05) is 0 Å². The van der Waals surface area contributed by atoms with Gasteiger partial charge in [-0.05, 0) is 69.9 Å². The second-order valence-corrected chi connectivity index (χ2v) is 9.79. The number of hydrogen-bond acceptors (Lipinski definition) is 2. The van der Waals surface area contributed by atoms with E-state index in [4.69, 9.17) is 23.2 Å². The Labute approximate surface area is 195 Å². The van der Waals surface area contributed by atoms with Gasteiger partial charge in [0.2, 0.25) is 11.8 Å². The van der Waals surface area contributed by atoms with E-state index in [-0.39, 0.29) is 24.8 Å². The third-order valence-electron chi connectivity index (χ3n) is 5.20. The highest BCUT2D eigenvalue weighted by Gasteiger charge is 2.31.